The van der Waals surface area contributed by atoms with Gasteiger partial charge < -0.3 is 16.2 Å². The van der Waals surface area contributed by atoms with E-state index in [4.69, 9.17) is 16.2 Å². The molecule has 88 valence electrons. The normalized spacial score (nSPS) is 21.8. The summed E-state index contributed by atoms with van der Waals surface area (Å²) in [7, 11) is 0. The molecule has 0 fully saturated rings. The first-order valence-corrected chi connectivity index (χ1v) is 5.62. The third-order valence-electron chi connectivity index (χ3n) is 3.07. The van der Waals surface area contributed by atoms with E-state index in [9.17, 15) is 0 Å². The predicted molar refractivity (Wildman–Crippen MR) is 67.8 cm³/mol. The molecule has 2 aliphatic heterocycles. The quantitative estimate of drug-likeness (QED) is 0.733. The Bertz CT molecular complexity index is 497. The highest BCUT2D eigenvalue weighted by Gasteiger charge is 2.25. The molecule has 0 saturated heterocycles. The Kier molecular flexibility index (Phi) is 2.33. The molecule has 3 rings (SSSR count). The van der Waals surface area contributed by atoms with Crippen molar-refractivity contribution in [1.29, 1.82) is 0 Å². The lowest BCUT2D eigenvalue weighted by molar-refractivity contribution is 0.241. The maximum absolute atomic E-state index is 6.00. The van der Waals surface area contributed by atoms with Gasteiger partial charge in [-0.05, 0) is 11.6 Å². The molecule has 1 atom stereocenters. The number of hydrogen-bond donors (Lipinski definition) is 2. The Hall–Kier alpha value is -1.88. The lowest BCUT2D eigenvalue weighted by Gasteiger charge is -2.10. The molecule has 0 aliphatic carbocycles. The molecule has 0 spiro atoms. The van der Waals surface area contributed by atoms with Crippen molar-refractivity contribution in [2.24, 2.45) is 15.7 Å². The van der Waals surface area contributed by atoms with Crippen molar-refractivity contribution in [3.05, 3.63) is 23.3 Å². The van der Waals surface area contributed by atoms with E-state index in [1.165, 1.54) is 0 Å². The highest BCUT2D eigenvalue weighted by molar-refractivity contribution is 6.17. The van der Waals surface area contributed by atoms with Gasteiger partial charge in [0, 0.05) is 42.7 Å². The molecular weight excluding hydrogens is 216 g/mol. The summed E-state index contributed by atoms with van der Waals surface area (Å²) in [6.45, 7) is 0.518. The maximum Gasteiger partial charge on any atom is 0.167 e. The van der Waals surface area contributed by atoms with Gasteiger partial charge in [0.25, 0.3) is 0 Å². The summed E-state index contributed by atoms with van der Waals surface area (Å²) in [6.07, 6.45) is 4.08. The molecule has 17 heavy (non-hydrogen) atoms. The number of nitrogen functional groups attached to an aromatic ring is 1. The van der Waals surface area contributed by atoms with E-state index < -0.39 is 0 Å². The molecule has 1 aromatic carbocycles. The minimum Gasteiger partial charge on any atom is -0.488 e. The molecule has 4 N–H and O–H groups in total. The van der Waals surface area contributed by atoms with Crippen molar-refractivity contribution in [3.8, 4) is 5.75 Å². The molecule has 2 heterocycles. The fourth-order valence-electron chi connectivity index (χ4n) is 2.19. The van der Waals surface area contributed by atoms with Crippen molar-refractivity contribution < 1.29 is 4.74 Å². The van der Waals surface area contributed by atoms with Gasteiger partial charge in [0.15, 0.2) is 6.17 Å². The molecule has 5 nitrogen and oxygen atoms in total. The highest BCUT2D eigenvalue weighted by Crippen LogP contribution is 2.36. The van der Waals surface area contributed by atoms with E-state index in [1.807, 2.05) is 12.1 Å². The Morgan fingerprint density at radius 1 is 1.29 bits per heavy atom. The first-order valence-electron chi connectivity index (χ1n) is 5.62. The van der Waals surface area contributed by atoms with Gasteiger partial charge in [-0.25, -0.2) is 0 Å². The van der Waals surface area contributed by atoms with E-state index >= 15 is 0 Å². The van der Waals surface area contributed by atoms with Gasteiger partial charge in [0.2, 0.25) is 0 Å². The highest BCUT2D eigenvalue weighted by atomic mass is 16.5. The number of fused-ring (bicyclic) bond motifs is 1. The summed E-state index contributed by atoms with van der Waals surface area (Å²) in [6, 6.07) is 3.88. The lowest BCUT2D eigenvalue weighted by atomic mass is 10.0. The summed E-state index contributed by atoms with van der Waals surface area (Å²) in [5.74, 6) is 0.840. The van der Waals surface area contributed by atoms with Crippen LogP contribution in [0.5, 0.6) is 5.75 Å². The zero-order chi connectivity index (χ0) is 11.8. The Labute approximate surface area is 99.2 Å². The summed E-state index contributed by atoms with van der Waals surface area (Å²) in [4.78, 5) is 8.48. The summed E-state index contributed by atoms with van der Waals surface area (Å²) in [5.41, 5.74) is 14.4. The molecular formula is C12H14N4O. The SMILES string of the molecule is NCC1Cc2cc(C3N=CC=N3)c(N)cc2O1. The van der Waals surface area contributed by atoms with Gasteiger partial charge in [-0.1, -0.05) is 0 Å². The minimum absolute atomic E-state index is 0.0650. The smallest absolute Gasteiger partial charge is 0.167 e. The third-order valence-corrected chi connectivity index (χ3v) is 3.07. The van der Waals surface area contributed by atoms with Crippen LogP contribution in [-0.4, -0.2) is 25.1 Å². The summed E-state index contributed by atoms with van der Waals surface area (Å²) < 4.78 is 5.67. The maximum atomic E-state index is 6.00. The summed E-state index contributed by atoms with van der Waals surface area (Å²) >= 11 is 0. The Balaban J connectivity index is 1.98. The number of hydrogen-bond acceptors (Lipinski definition) is 5. The largest absolute Gasteiger partial charge is 0.488 e. The molecule has 0 saturated carbocycles. The van der Waals surface area contributed by atoms with Crippen LogP contribution in [0.4, 0.5) is 5.69 Å². The van der Waals surface area contributed by atoms with Crippen LogP contribution in [0.15, 0.2) is 22.1 Å². The van der Waals surface area contributed by atoms with Crippen LogP contribution in [-0.2, 0) is 6.42 Å². The molecule has 0 bridgehead atoms. The first-order chi connectivity index (χ1) is 8.28. The fourth-order valence-corrected chi connectivity index (χ4v) is 2.19. The van der Waals surface area contributed by atoms with Gasteiger partial charge in [-0.15, -0.1) is 0 Å². The second-order valence-electron chi connectivity index (χ2n) is 4.24. The second kappa shape index (κ2) is 3.85. The van der Waals surface area contributed by atoms with E-state index in [0.717, 1.165) is 23.3 Å². The minimum atomic E-state index is -0.197. The second-order valence-corrected chi connectivity index (χ2v) is 4.24. The van der Waals surface area contributed by atoms with Crippen LogP contribution in [0.25, 0.3) is 0 Å². The van der Waals surface area contributed by atoms with Gasteiger partial charge in [0.05, 0.1) is 0 Å². The van der Waals surface area contributed by atoms with Crippen LogP contribution < -0.4 is 16.2 Å². The number of aliphatic imine (C=N–C) groups is 2. The van der Waals surface area contributed by atoms with Gasteiger partial charge in [-0.3, -0.25) is 9.98 Å². The average molecular weight is 230 g/mol. The van der Waals surface area contributed by atoms with Gasteiger partial charge >= 0.3 is 0 Å². The van der Waals surface area contributed by atoms with Crippen LogP contribution in [0.2, 0.25) is 0 Å². The number of anilines is 1. The van der Waals surface area contributed by atoms with Crippen molar-refractivity contribution in [2.75, 3.05) is 12.3 Å². The van der Waals surface area contributed by atoms with E-state index in [2.05, 4.69) is 9.98 Å². The molecule has 0 radical (unpaired) electrons. The van der Waals surface area contributed by atoms with E-state index in [-0.39, 0.29) is 12.3 Å². The standard InChI is InChI=1S/C12H14N4O/c13-6-8-3-7-4-9(12-15-1-2-16-12)10(14)5-11(7)17-8/h1-2,4-5,8,12H,3,6,13-14H2. The molecule has 1 unspecified atom stereocenters. The van der Waals surface area contributed by atoms with Crippen molar-refractivity contribution in [1.82, 2.24) is 0 Å². The topological polar surface area (TPSA) is 86.0 Å². The predicted octanol–water partition coefficient (Wildman–Crippen LogP) is 0.685. The molecule has 0 aromatic heterocycles. The summed E-state index contributed by atoms with van der Waals surface area (Å²) in [5, 5.41) is 0. The Morgan fingerprint density at radius 3 is 2.76 bits per heavy atom. The number of rotatable bonds is 2. The molecule has 5 heteroatoms. The monoisotopic (exact) mass is 230 g/mol. The zero-order valence-corrected chi connectivity index (χ0v) is 9.34. The lowest BCUT2D eigenvalue weighted by Crippen LogP contribution is -2.24. The molecule has 2 aliphatic rings. The van der Waals surface area contributed by atoms with Crippen molar-refractivity contribution >= 4 is 18.1 Å². The molecule has 1 aromatic rings. The van der Waals surface area contributed by atoms with Crippen molar-refractivity contribution in [3.63, 3.8) is 0 Å². The van der Waals surface area contributed by atoms with E-state index in [0.29, 0.717) is 12.2 Å². The van der Waals surface area contributed by atoms with Gasteiger partial charge in [0.1, 0.15) is 11.9 Å². The number of ether oxygens (including phenoxy) is 1. The first kappa shape index (κ1) is 10.3. The molecule has 0 amide bonds. The average Bonchev–Trinajstić information content (AvgIpc) is 2.95. The van der Waals surface area contributed by atoms with Crippen LogP contribution in [0.1, 0.15) is 17.3 Å². The van der Waals surface area contributed by atoms with Crippen LogP contribution in [0, 0.1) is 0 Å². The third kappa shape index (κ3) is 1.68. The Morgan fingerprint density at radius 2 is 2.06 bits per heavy atom. The van der Waals surface area contributed by atoms with Gasteiger partial charge in [-0.2, -0.15) is 0 Å². The van der Waals surface area contributed by atoms with Crippen molar-refractivity contribution in [2.45, 2.75) is 18.7 Å². The van der Waals surface area contributed by atoms with E-state index in [1.54, 1.807) is 12.4 Å². The van der Waals surface area contributed by atoms with Crippen LogP contribution in [0.3, 0.4) is 0 Å². The number of nitrogens with zero attached hydrogens (tertiary/aromatic N) is 2. The fraction of sp³-hybridized carbons (Fsp3) is 0.333. The number of benzene rings is 1. The van der Waals surface area contributed by atoms with Crippen LogP contribution >= 0.6 is 0 Å². The number of nitrogens with two attached hydrogens (primary N) is 2. The zero-order valence-electron chi connectivity index (χ0n) is 9.34.